The second-order valence-electron chi connectivity index (χ2n) is 6.20. The number of pyridine rings is 1. The van der Waals surface area contributed by atoms with Gasteiger partial charge < -0.3 is 10.4 Å². The molecule has 2 heterocycles. The van der Waals surface area contributed by atoms with E-state index in [1.165, 1.54) is 11.1 Å². The molecule has 1 aromatic heterocycles. The molecule has 0 bridgehead atoms. The van der Waals surface area contributed by atoms with Crippen LogP contribution in [0.15, 0.2) is 36.4 Å². The number of piperazine rings is 1. The molecule has 1 unspecified atom stereocenters. The molecule has 2 aromatic rings. The van der Waals surface area contributed by atoms with Crippen molar-refractivity contribution in [2.24, 2.45) is 0 Å². The summed E-state index contributed by atoms with van der Waals surface area (Å²) in [6.07, 6.45) is 1.06. The molecule has 130 valence electrons. The van der Waals surface area contributed by atoms with Crippen molar-refractivity contribution in [1.82, 2.24) is 15.2 Å². The maximum atomic E-state index is 10.1. The second kappa shape index (κ2) is 8.47. The Bertz CT molecular complexity index is 660. The molecule has 1 atom stereocenters. The summed E-state index contributed by atoms with van der Waals surface area (Å²) in [6, 6.07) is 12.8. The highest BCUT2D eigenvalue weighted by Gasteiger charge is 2.25. The van der Waals surface area contributed by atoms with Crippen LogP contribution in [-0.2, 0) is 13.0 Å². The highest BCUT2D eigenvalue weighted by molar-refractivity contribution is 5.85. The summed E-state index contributed by atoms with van der Waals surface area (Å²) in [4.78, 5) is 6.91. The summed E-state index contributed by atoms with van der Waals surface area (Å²) in [7, 11) is 0. The van der Waals surface area contributed by atoms with Gasteiger partial charge in [-0.2, -0.15) is 0 Å². The number of nitrogens with zero attached hydrogens (tertiary/aromatic N) is 2. The van der Waals surface area contributed by atoms with Gasteiger partial charge in [-0.15, -0.1) is 12.4 Å². The first kappa shape index (κ1) is 18.7. The lowest BCUT2D eigenvalue weighted by Gasteiger charge is -2.36. The fraction of sp³-hybridized carbons (Fsp3) is 0.421. The van der Waals surface area contributed by atoms with Crippen LogP contribution >= 0.6 is 12.4 Å². The lowest BCUT2D eigenvalue weighted by Crippen LogP contribution is -2.45. The molecule has 24 heavy (non-hydrogen) atoms. The monoisotopic (exact) mass is 347 g/mol. The minimum Gasteiger partial charge on any atom is -0.506 e. The van der Waals surface area contributed by atoms with Crippen molar-refractivity contribution in [1.29, 1.82) is 0 Å². The third-order valence-electron chi connectivity index (χ3n) is 4.57. The van der Waals surface area contributed by atoms with E-state index in [9.17, 15) is 5.11 Å². The maximum absolute atomic E-state index is 10.1. The molecule has 4 nitrogen and oxygen atoms in total. The van der Waals surface area contributed by atoms with E-state index in [4.69, 9.17) is 0 Å². The summed E-state index contributed by atoms with van der Waals surface area (Å²) in [5.41, 5.74) is 4.39. The van der Waals surface area contributed by atoms with Gasteiger partial charge in [0.25, 0.3) is 0 Å². The molecular formula is C19H26ClN3O. The van der Waals surface area contributed by atoms with E-state index >= 15 is 0 Å². The van der Waals surface area contributed by atoms with Crippen molar-refractivity contribution in [2.75, 3.05) is 19.6 Å². The van der Waals surface area contributed by atoms with Crippen LogP contribution in [0.4, 0.5) is 0 Å². The van der Waals surface area contributed by atoms with E-state index in [0.717, 1.165) is 37.4 Å². The number of aromatic hydroxyl groups is 1. The van der Waals surface area contributed by atoms with Crippen molar-refractivity contribution >= 4 is 12.4 Å². The van der Waals surface area contributed by atoms with Gasteiger partial charge in [0.2, 0.25) is 0 Å². The fourth-order valence-corrected chi connectivity index (χ4v) is 3.15. The van der Waals surface area contributed by atoms with Gasteiger partial charge in [-0.3, -0.25) is 9.88 Å². The Hall–Kier alpha value is -1.62. The number of aromatic nitrogens is 1. The summed E-state index contributed by atoms with van der Waals surface area (Å²) in [6.45, 7) is 7.66. The lowest BCUT2D eigenvalue weighted by molar-refractivity contribution is 0.150. The fourth-order valence-electron chi connectivity index (χ4n) is 3.15. The van der Waals surface area contributed by atoms with Crippen LogP contribution in [0, 0.1) is 6.92 Å². The average molecular weight is 348 g/mol. The molecule has 1 saturated heterocycles. The SMILES string of the molecule is CCc1ccc(C2CNCCN2Cc2nc(C)ccc2O)cc1.Cl. The molecule has 0 saturated carbocycles. The van der Waals surface area contributed by atoms with Crippen LogP contribution in [-0.4, -0.2) is 34.6 Å². The van der Waals surface area contributed by atoms with Crippen LogP contribution in [0.25, 0.3) is 0 Å². The van der Waals surface area contributed by atoms with Crippen molar-refractivity contribution in [3.05, 3.63) is 58.9 Å². The van der Waals surface area contributed by atoms with E-state index in [1.54, 1.807) is 6.07 Å². The van der Waals surface area contributed by atoms with E-state index in [0.29, 0.717) is 12.6 Å². The van der Waals surface area contributed by atoms with Crippen molar-refractivity contribution in [2.45, 2.75) is 32.9 Å². The molecule has 1 aliphatic heterocycles. The van der Waals surface area contributed by atoms with E-state index in [-0.39, 0.29) is 18.2 Å². The third-order valence-corrected chi connectivity index (χ3v) is 4.57. The van der Waals surface area contributed by atoms with E-state index in [1.807, 2.05) is 13.0 Å². The molecular weight excluding hydrogens is 322 g/mol. The van der Waals surface area contributed by atoms with Gasteiger partial charge in [0.05, 0.1) is 5.69 Å². The second-order valence-corrected chi connectivity index (χ2v) is 6.20. The number of nitrogens with one attached hydrogen (secondary N) is 1. The minimum atomic E-state index is 0. The predicted molar refractivity (Wildman–Crippen MR) is 99.7 cm³/mol. The zero-order valence-electron chi connectivity index (χ0n) is 14.3. The summed E-state index contributed by atoms with van der Waals surface area (Å²) in [5.74, 6) is 0.286. The smallest absolute Gasteiger partial charge is 0.138 e. The van der Waals surface area contributed by atoms with Gasteiger partial charge >= 0.3 is 0 Å². The Morgan fingerprint density at radius 2 is 1.96 bits per heavy atom. The van der Waals surface area contributed by atoms with Crippen molar-refractivity contribution in [3.8, 4) is 5.75 Å². The number of benzene rings is 1. The molecule has 5 heteroatoms. The summed E-state index contributed by atoms with van der Waals surface area (Å²) in [5, 5.41) is 13.6. The Morgan fingerprint density at radius 1 is 1.21 bits per heavy atom. The van der Waals surface area contributed by atoms with Gasteiger partial charge in [-0.05, 0) is 36.6 Å². The van der Waals surface area contributed by atoms with Gasteiger partial charge in [0.1, 0.15) is 5.75 Å². The van der Waals surface area contributed by atoms with Crippen LogP contribution in [0.1, 0.15) is 35.5 Å². The Labute approximate surface area is 150 Å². The first-order valence-electron chi connectivity index (χ1n) is 8.36. The molecule has 1 aromatic carbocycles. The molecule has 0 amide bonds. The normalized spacial score (nSPS) is 18.2. The summed E-state index contributed by atoms with van der Waals surface area (Å²) >= 11 is 0. The lowest BCUT2D eigenvalue weighted by atomic mass is 10.0. The van der Waals surface area contributed by atoms with Gasteiger partial charge in [0.15, 0.2) is 0 Å². The molecule has 1 aliphatic rings. The molecule has 0 spiro atoms. The van der Waals surface area contributed by atoms with Crippen LogP contribution in [0.5, 0.6) is 5.75 Å². The Balaban J connectivity index is 0.00000208. The molecule has 3 rings (SSSR count). The van der Waals surface area contributed by atoms with E-state index in [2.05, 4.69) is 46.4 Å². The number of aryl methyl sites for hydroxylation is 2. The zero-order valence-corrected chi connectivity index (χ0v) is 15.1. The first-order chi connectivity index (χ1) is 11.2. The predicted octanol–water partition coefficient (Wildman–Crippen LogP) is 3.23. The van der Waals surface area contributed by atoms with Gasteiger partial charge in [0, 0.05) is 37.9 Å². The third kappa shape index (κ3) is 4.26. The maximum Gasteiger partial charge on any atom is 0.138 e. The van der Waals surface area contributed by atoms with Crippen LogP contribution in [0.3, 0.4) is 0 Å². The number of hydrogen-bond acceptors (Lipinski definition) is 4. The first-order valence-corrected chi connectivity index (χ1v) is 8.36. The quantitative estimate of drug-likeness (QED) is 0.891. The molecule has 0 aliphatic carbocycles. The van der Waals surface area contributed by atoms with Gasteiger partial charge in [-0.25, -0.2) is 0 Å². The number of halogens is 1. The average Bonchev–Trinajstić information content (AvgIpc) is 2.59. The zero-order chi connectivity index (χ0) is 16.2. The van der Waals surface area contributed by atoms with Gasteiger partial charge in [-0.1, -0.05) is 31.2 Å². The number of hydrogen-bond donors (Lipinski definition) is 2. The van der Waals surface area contributed by atoms with E-state index < -0.39 is 0 Å². The topological polar surface area (TPSA) is 48.4 Å². The summed E-state index contributed by atoms with van der Waals surface area (Å²) < 4.78 is 0. The van der Waals surface area contributed by atoms with Crippen LogP contribution in [0.2, 0.25) is 0 Å². The Morgan fingerprint density at radius 3 is 2.67 bits per heavy atom. The highest BCUT2D eigenvalue weighted by Crippen LogP contribution is 2.26. The molecule has 2 N–H and O–H groups in total. The minimum absolute atomic E-state index is 0. The Kier molecular flexibility index (Phi) is 6.60. The van der Waals surface area contributed by atoms with Crippen molar-refractivity contribution in [3.63, 3.8) is 0 Å². The van der Waals surface area contributed by atoms with Crippen molar-refractivity contribution < 1.29 is 5.11 Å². The molecule has 1 fully saturated rings. The molecule has 0 radical (unpaired) electrons. The van der Waals surface area contributed by atoms with Crippen LogP contribution < -0.4 is 5.32 Å². The standard InChI is InChI=1S/C19H25N3O.ClH/c1-3-15-5-7-16(8-6-15)18-12-20-10-11-22(18)13-17-19(23)9-4-14(2)21-17;/h4-9,18,20,23H,3,10-13H2,1-2H3;1H. The largest absolute Gasteiger partial charge is 0.506 e. The number of rotatable bonds is 4. The highest BCUT2D eigenvalue weighted by atomic mass is 35.5.